The first-order valence-corrected chi connectivity index (χ1v) is 9.92. The highest BCUT2D eigenvalue weighted by Gasteiger charge is 2.52. The smallest absolute Gasteiger partial charge is 0.147 e. The van der Waals surface area contributed by atoms with Crippen molar-refractivity contribution < 1.29 is 4.57 Å². The Morgan fingerprint density at radius 3 is 2.23 bits per heavy atom. The van der Waals surface area contributed by atoms with Gasteiger partial charge in [0.25, 0.3) is 0 Å². The molecule has 2 heteroatoms. The van der Waals surface area contributed by atoms with Crippen molar-refractivity contribution in [2.75, 3.05) is 0 Å². The monoisotopic (exact) mass is 308 g/mol. The average molecular weight is 308 g/mol. The first kappa shape index (κ1) is 14.0. The van der Waals surface area contributed by atoms with Crippen molar-refractivity contribution in [1.82, 2.24) is 0 Å². The molecular formula is C20H21OP. The molecule has 1 heterocycles. The van der Waals surface area contributed by atoms with Gasteiger partial charge in [0.2, 0.25) is 0 Å². The number of fused-ring (bicyclic) bond motifs is 1. The molecule has 1 aliphatic carbocycles. The first-order valence-electron chi connectivity index (χ1n) is 8.15. The second kappa shape index (κ2) is 5.25. The number of allylic oxidation sites excluding steroid dienone is 1. The maximum atomic E-state index is 14.3. The fourth-order valence-electron chi connectivity index (χ4n) is 4.47. The number of hydrogen-bond donors (Lipinski definition) is 0. The lowest BCUT2D eigenvalue weighted by Crippen LogP contribution is -2.16. The maximum absolute atomic E-state index is 14.3. The van der Waals surface area contributed by atoms with Crippen molar-refractivity contribution >= 4 is 17.8 Å². The van der Waals surface area contributed by atoms with E-state index in [0.717, 1.165) is 22.6 Å². The van der Waals surface area contributed by atoms with Crippen LogP contribution in [0.3, 0.4) is 0 Å². The number of hydrogen-bond acceptors (Lipinski definition) is 1. The molecule has 1 saturated carbocycles. The van der Waals surface area contributed by atoms with E-state index in [4.69, 9.17) is 0 Å². The largest absolute Gasteiger partial charge is 0.313 e. The van der Waals surface area contributed by atoms with E-state index >= 15 is 0 Å². The fourth-order valence-corrected chi connectivity index (χ4v) is 8.71. The van der Waals surface area contributed by atoms with Crippen LogP contribution in [-0.4, -0.2) is 5.66 Å². The summed E-state index contributed by atoms with van der Waals surface area (Å²) in [5.41, 5.74) is 2.85. The summed E-state index contributed by atoms with van der Waals surface area (Å²) in [6.07, 6.45) is 3.51. The highest BCUT2D eigenvalue weighted by molar-refractivity contribution is 7.82. The van der Waals surface area contributed by atoms with Crippen LogP contribution < -0.4 is 5.30 Å². The minimum atomic E-state index is -2.53. The average Bonchev–Trinajstić information content (AvgIpc) is 3.13. The molecule has 0 aromatic heterocycles. The van der Waals surface area contributed by atoms with E-state index < -0.39 is 7.14 Å². The van der Waals surface area contributed by atoms with E-state index in [2.05, 4.69) is 43.3 Å². The summed E-state index contributed by atoms with van der Waals surface area (Å²) in [7, 11) is -2.53. The summed E-state index contributed by atoms with van der Waals surface area (Å²) in [5.74, 6) is 0.515. The second-order valence-corrected chi connectivity index (χ2v) is 9.44. The number of benzene rings is 2. The molecule has 112 valence electrons. The van der Waals surface area contributed by atoms with Crippen LogP contribution in [0.1, 0.15) is 31.7 Å². The Labute approximate surface area is 132 Å². The van der Waals surface area contributed by atoms with Crippen LogP contribution in [0.4, 0.5) is 0 Å². The zero-order valence-corrected chi connectivity index (χ0v) is 13.8. The van der Waals surface area contributed by atoms with Gasteiger partial charge >= 0.3 is 0 Å². The van der Waals surface area contributed by atoms with Gasteiger partial charge in [0.15, 0.2) is 0 Å². The molecule has 1 nitrogen and oxygen atoms in total. The van der Waals surface area contributed by atoms with Gasteiger partial charge in [0, 0.05) is 16.3 Å². The molecule has 22 heavy (non-hydrogen) atoms. The molecular weight excluding hydrogens is 287 g/mol. The lowest BCUT2D eigenvalue weighted by Gasteiger charge is -2.24. The summed E-state index contributed by atoms with van der Waals surface area (Å²) in [4.78, 5) is 0. The predicted octanol–water partition coefficient (Wildman–Crippen LogP) is 5.29. The summed E-state index contributed by atoms with van der Waals surface area (Å²) < 4.78 is 14.3. The molecule has 0 radical (unpaired) electrons. The summed E-state index contributed by atoms with van der Waals surface area (Å²) in [6.45, 7) is 2.22. The Bertz CT molecular complexity index is 761. The molecule has 0 spiro atoms. The molecule has 2 aromatic carbocycles. The van der Waals surface area contributed by atoms with E-state index in [1.54, 1.807) is 0 Å². The SMILES string of the molecule is CC1=C(c2ccccc2)[P@@](=O)(c2ccccc2)[C@H]2CCC[C@@H]12. The van der Waals surface area contributed by atoms with Crippen molar-refractivity contribution in [3.8, 4) is 0 Å². The molecule has 0 unspecified atom stereocenters. The zero-order chi connectivity index (χ0) is 15.2. The van der Waals surface area contributed by atoms with Crippen LogP contribution in [0.15, 0.2) is 66.2 Å². The predicted molar refractivity (Wildman–Crippen MR) is 93.8 cm³/mol. The van der Waals surface area contributed by atoms with E-state index in [-0.39, 0.29) is 0 Å². The molecule has 2 aromatic rings. The highest BCUT2D eigenvalue weighted by Crippen LogP contribution is 2.73. The van der Waals surface area contributed by atoms with Crippen molar-refractivity contribution in [3.63, 3.8) is 0 Å². The van der Waals surface area contributed by atoms with Gasteiger partial charge in [0.1, 0.15) is 7.14 Å². The Balaban J connectivity index is 1.97. The van der Waals surface area contributed by atoms with Crippen molar-refractivity contribution in [3.05, 3.63) is 71.8 Å². The molecule has 1 fully saturated rings. The molecule has 0 N–H and O–H groups in total. The summed E-state index contributed by atoms with van der Waals surface area (Å²) in [5, 5.41) is 2.19. The normalized spacial score (nSPS) is 30.6. The van der Waals surface area contributed by atoms with E-state index in [0.29, 0.717) is 11.6 Å². The van der Waals surface area contributed by atoms with E-state index in [1.807, 2.05) is 24.3 Å². The van der Waals surface area contributed by atoms with E-state index in [1.165, 1.54) is 18.4 Å². The van der Waals surface area contributed by atoms with E-state index in [9.17, 15) is 4.57 Å². The number of rotatable bonds is 2. The van der Waals surface area contributed by atoms with Crippen molar-refractivity contribution in [2.24, 2.45) is 5.92 Å². The molecule has 0 saturated heterocycles. The Hall–Kier alpha value is -1.59. The van der Waals surface area contributed by atoms with Crippen LogP contribution in [-0.2, 0) is 4.57 Å². The third-order valence-electron chi connectivity index (χ3n) is 5.40. The fraction of sp³-hybridized carbons (Fsp3) is 0.300. The van der Waals surface area contributed by atoms with Crippen LogP contribution in [0.25, 0.3) is 5.31 Å². The molecule has 0 amide bonds. The summed E-state index contributed by atoms with van der Waals surface area (Å²) >= 11 is 0. The molecule has 3 atom stereocenters. The standard InChI is InChI=1S/C20H21OP/c1-15-18-13-8-14-19(18)22(21,17-11-6-3-7-12-17)20(15)16-9-4-2-5-10-16/h2-7,9-12,18-19H,8,13-14H2,1H3/t18-,19-,22+/m0/s1. The van der Waals surface area contributed by atoms with Gasteiger partial charge in [-0.1, -0.05) is 72.7 Å². The molecule has 1 aliphatic heterocycles. The minimum Gasteiger partial charge on any atom is -0.313 e. The Kier molecular flexibility index (Phi) is 3.35. The quantitative estimate of drug-likeness (QED) is 0.689. The van der Waals surface area contributed by atoms with Crippen LogP contribution >= 0.6 is 7.14 Å². The van der Waals surface area contributed by atoms with Gasteiger partial charge in [-0.05, 0) is 31.2 Å². The molecule has 4 rings (SSSR count). The second-order valence-electron chi connectivity index (χ2n) is 6.50. The maximum Gasteiger partial charge on any atom is 0.147 e. The Morgan fingerprint density at radius 2 is 1.55 bits per heavy atom. The molecule has 2 aliphatic rings. The van der Waals surface area contributed by atoms with Gasteiger partial charge in [0.05, 0.1) is 0 Å². The lowest BCUT2D eigenvalue weighted by atomic mass is 9.97. The van der Waals surface area contributed by atoms with Crippen LogP contribution in [0, 0.1) is 5.92 Å². The lowest BCUT2D eigenvalue weighted by molar-refractivity contribution is 0.568. The zero-order valence-electron chi connectivity index (χ0n) is 12.9. The van der Waals surface area contributed by atoms with Crippen LogP contribution in [0.2, 0.25) is 0 Å². The van der Waals surface area contributed by atoms with Crippen LogP contribution in [0.5, 0.6) is 0 Å². The van der Waals surface area contributed by atoms with Gasteiger partial charge in [-0.25, -0.2) is 0 Å². The topological polar surface area (TPSA) is 17.1 Å². The van der Waals surface area contributed by atoms with Gasteiger partial charge in [-0.15, -0.1) is 0 Å². The Morgan fingerprint density at radius 1 is 0.909 bits per heavy atom. The van der Waals surface area contributed by atoms with Crippen molar-refractivity contribution in [2.45, 2.75) is 31.8 Å². The minimum absolute atomic E-state index is 0.324. The van der Waals surface area contributed by atoms with Gasteiger partial charge < -0.3 is 4.57 Å². The third-order valence-corrected chi connectivity index (χ3v) is 9.29. The molecule has 0 bridgehead atoms. The van der Waals surface area contributed by atoms with Crippen molar-refractivity contribution in [1.29, 1.82) is 0 Å². The van der Waals surface area contributed by atoms with Gasteiger partial charge in [-0.2, -0.15) is 0 Å². The highest BCUT2D eigenvalue weighted by atomic mass is 31.2. The first-order chi connectivity index (χ1) is 10.7. The van der Waals surface area contributed by atoms with Gasteiger partial charge in [-0.3, -0.25) is 0 Å². The third kappa shape index (κ3) is 1.88. The summed E-state index contributed by atoms with van der Waals surface area (Å²) in [6, 6.07) is 20.6.